The maximum atomic E-state index is 13.4. The number of benzene rings is 1. The number of aliphatic hydroxyl groups is 1. The molecule has 3 rings (SSSR count). The third-order valence-corrected chi connectivity index (χ3v) is 4.68. The average molecular weight is 347 g/mol. The topological polar surface area (TPSA) is 39.6 Å². The summed E-state index contributed by atoms with van der Waals surface area (Å²) in [7, 11) is 0. The molecule has 1 N–H and O–H groups in total. The first-order chi connectivity index (χ1) is 12.2. The maximum Gasteiger partial charge on any atom is 0.159 e. The summed E-state index contributed by atoms with van der Waals surface area (Å²) in [5.41, 5.74) is 1.97. The normalized spacial score (nSPS) is 19.2. The zero-order valence-corrected chi connectivity index (χ0v) is 14.1. The van der Waals surface area contributed by atoms with Gasteiger partial charge in [0.2, 0.25) is 0 Å². The quantitative estimate of drug-likeness (QED) is 0.871. The minimum Gasteiger partial charge on any atom is -0.396 e. The van der Waals surface area contributed by atoms with E-state index >= 15 is 0 Å². The molecular weight excluding hydrogens is 324 g/mol. The second-order valence-electron chi connectivity index (χ2n) is 6.48. The first-order valence-corrected chi connectivity index (χ1v) is 8.56. The van der Waals surface area contributed by atoms with Gasteiger partial charge < -0.3 is 5.11 Å². The van der Waals surface area contributed by atoms with Crippen LogP contribution in [0.25, 0.3) is 0 Å². The number of aliphatic hydroxyl groups excluding tert-OH is 1. The van der Waals surface area contributed by atoms with Gasteiger partial charge in [-0.05, 0) is 41.8 Å². The Balaban J connectivity index is 1.64. The molecule has 0 aliphatic carbocycles. The maximum absolute atomic E-state index is 13.4. The number of hydrogen-bond acceptors (Lipinski definition) is 4. The Morgan fingerprint density at radius 3 is 2.52 bits per heavy atom. The van der Waals surface area contributed by atoms with E-state index in [4.69, 9.17) is 0 Å². The van der Waals surface area contributed by atoms with Crippen molar-refractivity contribution in [2.75, 3.05) is 26.2 Å². The monoisotopic (exact) mass is 347 g/mol. The lowest BCUT2D eigenvalue weighted by Crippen LogP contribution is -2.52. The van der Waals surface area contributed by atoms with Crippen LogP contribution in [0.15, 0.2) is 42.7 Å². The van der Waals surface area contributed by atoms with E-state index in [1.165, 1.54) is 17.7 Å². The van der Waals surface area contributed by atoms with Gasteiger partial charge in [0, 0.05) is 57.8 Å². The second kappa shape index (κ2) is 8.47. The Hall–Kier alpha value is -1.89. The molecule has 0 spiro atoms. The molecular formula is C19H23F2N3O. The van der Waals surface area contributed by atoms with Crippen molar-refractivity contribution < 1.29 is 13.9 Å². The van der Waals surface area contributed by atoms with Crippen molar-refractivity contribution in [3.8, 4) is 0 Å². The molecule has 0 saturated carbocycles. The summed E-state index contributed by atoms with van der Waals surface area (Å²) in [5, 5.41) is 9.40. The Labute approximate surface area is 146 Å². The molecule has 2 aromatic rings. The van der Waals surface area contributed by atoms with Gasteiger partial charge in [0.25, 0.3) is 0 Å². The number of pyridine rings is 1. The highest BCUT2D eigenvalue weighted by molar-refractivity contribution is 5.18. The largest absolute Gasteiger partial charge is 0.396 e. The fraction of sp³-hybridized carbons (Fsp3) is 0.421. The van der Waals surface area contributed by atoms with Crippen LogP contribution in [0, 0.1) is 11.6 Å². The molecule has 0 bridgehead atoms. The van der Waals surface area contributed by atoms with Crippen LogP contribution in [-0.2, 0) is 13.1 Å². The van der Waals surface area contributed by atoms with E-state index in [1.807, 2.05) is 12.1 Å². The summed E-state index contributed by atoms with van der Waals surface area (Å²) < 4.78 is 26.5. The molecule has 1 aromatic heterocycles. The second-order valence-corrected chi connectivity index (χ2v) is 6.48. The van der Waals surface area contributed by atoms with Crippen LogP contribution < -0.4 is 0 Å². The molecule has 0 unspecified atom stereocenters. The molecule has 1 saturated heterocycles. The summed E-state index contributed by atoms with van der Waals surface area (Å²) in [6, 6.07) is 8.26. The van der Waals surface area contributed by atoms with Crippen LogP contribution >= 0.6 is 0 Å². The first-order valence-electron chi connectivity index (χ1n) is 8.56. The van der Waals surface area contributed by atoms with E-state index in [9.17, 15) is 13.9 Å². The lowest BCUT2D eigenvalue weighted by atomic mass is 10.1. The van der Waals surface area contributed by atoms with Gasteiger partial charge in [-0.25, -0.2) is 8.78 Å². The lowest BCUT2D eigenvalue weighted by molar-refractivity contribution is 0.0499. The number of nitrogens with zero attached hydrogens (tertiary/aromatic N) is 3. The molecule has 2 heterocycles. The van der Waals surface area contributed by atoms with Crippen molar-refractivity contribution in [2.24, 2.45) is 0 Å². The number of hydrogen-bond donors (Lipinski definition) is 1. The molecule has 6 heteroatoms. The van der Waals surface area contributed by atoms with Gasteiger partial charge in [-0.15, -0.1) is 0 Å². The minimum absolute atomic E-state index is 0.113. The summed E-state index contributed by atoms with van der Waals surface area (Å²) in [5.74, 6) is -1.63. The number of aromatic nitrogens is 1. The van der Waals surface area contributed by atoms with E-state index in [1.54, 1.807) is 18.5 Å². The van der Waals surface area contributed by atoms with Crippen molar-refractivity contribution in [2.45, 2.75) is 25.6 Å². The van der Waals surface area contributed by atoms with Crippen molar-refractivity contribution in [3.63, 3.8) is 0 Å². The predicted molar refractivity (Wildman–Crippen MR) is 91.8 cm³/mol. The van der Waals surface area contributed by atoms with Crippen LogP contribution in [0.5, 0.6) is 0 Å². The van der Waals surface area contributed by atoms with E-state index in [0.717, 1.165) is 31.7 Å². The molecule has 1 aliphatic heterocycles. The molecule has 0 amide bonds. The number of piperazine rings is 1. The van der Waals surface area contributed by atoms with Gasteiger partial charge in [-0.3, -0.25) is 14.8 Å². The zero-order valence-electron chi connectivity index (χ0n) is 14.1. The number of halogens is 2. The third kappa shape index (κ3) is 4.81. The van der Waals surface area contributed by atoms with Crippen LogP contribution in [-0.4, -0.2) is 52.2 Å². The molecule has 134 valence electrons. The van der Waals surface area contributed by atoms with Crippen molar-refractivity contribution in [1.29, 1.82) is 0 Å². The highest BCUT2D eigenvalue weighted by Gasteiger charge is 2.26. The van der Waals surface area contributed by atoms with E-state index in [2.05, 4.69) is 14.8 Å². The van der Waals surface area contributed by atoms with Gasteiger partial charge in [-0.1, -0.05) is 6.07 Å². The number of rotatable bonds is 6. The first kappa shape index (κ1) is 17.9. The SMILES string of the molecule is OCC[C@@H]1CN(Cc2ccncc2)CCN1Cc1ccc(F)c(F)c1. The van der Waals surface area contributed by atoms with Crippen molar-refractivity contribution in [1.82, 2.24) is 14.8 Å². The fourth-order valence-electron chi connectivity index (χ4n) is 3.35. The van der Waals surface area contributed by atoms with Gasteiger partial charge in [0.05, 0.1) is 0 Å². The summed E-state index contributed by atoms with van der Waals surface area (Å²) in [6.45, 7) is 4.09. The fourth-order valence-corrected chi connectivity index (χ4v) is 3.35. The van der Waals surface area contributed by atoms with Crippen LogP contribution in [0.1, 0.15) is 17.5 Å². The smallest absolute Gasteiger partial charge is 0.159 e. The summed E-state index contributed by atoms with van der Waals surface area (Å²) >= 11 is 0. The highest BCUT2D eigenvalue weighted by atomic mass is 19.2. The van der Waals surface area contributed by atoms with E-state index in [-0.39, 0.29) is 12.6 Å². The van der Waals surface area contributed by atoms with Gasteiger partial charge >= 0.3 is 0 Å². The Kier molecular flexibility index (Phi) is 6.07. The molecule has 1 atom stereocenters. The Bertz CT molecular complexity index is 684. The molecule has 1 aromatic carbocycles. The van der Waals surface area contributed by atoms with Gasteiger partial charge in [0.15, 0.2) is 11.6 Å². The van der Waals surface area contributed by atoms with Gasteiger partial charge in [-0.2, -0.15) is 0 Å². The molecule has 0 radical (unpaired) electrons. The van der Waals surface area contributed by atoms with Crippen LogP contribution in [0.3, 0.4) is 0 Å². The molecule has 1 fully saturated rings. The van der Waals surface area contributed by atoms with Crippen molar-refractivity contribution >= 4 is 0 Å². The molecule has 4 nitrogen and oxygen atoms in total. The zero-order chi connectivity index (χ0) is 17.6. The molecule has 1 aliphatic rings. The van der Waals surface area contributed by atoms with Crippen molar-refractivity contribution in [3.05, 3.63) is 65.5 Å². The Morgan fingerprint density at radius 2 is 1.80 bits per heavy atom. The highest BCUT2D eigenvalue weighted by Crippen LogP contribution is 2.19. The van der Waals surface area contributed by atoms with Crippen LogP contribution in [0.4, 0.5) is 8.78 Å². The summed E-state index contributed by atoms with van der Waals surface area (Å²) in [4.78, 5) is 8.64. The average Bonchev–Trinajstić information content (AvgIpc) is 2.61. The summed E-state index contributed by atoms with van der Waals surface area (Å²) in [6.07, 6.45) is 4.25. The van der Waals surface area contributed by atoms with Gasteiger partial charge in [0.1, 0.15) is 0 Å². The standard InChI is InChI=1S/C19H23F2N3O/c20-18-2-1-16(11-19(18)21)13-24-9-8-23(14-17(24)5-10-25)12-15-3-6-22-7-4-15/h1-4,6-7,11,17,25H,5,8-10,12-14H2/t17-/m1/s1. The van der Waals surface area contributed by atoms with E-state index in [0.29, 0.717) is 13.0 Å². The predicted octanol–water partition coefficient (Wildman–Crippen LogP) is 2.43. The molecule has 25 heavy (non-hydrogen) atoms. The Morgan fingerprint density at radius 1 is 1.00 bits per heavy atom. The van der Waals surface area contributed by atoms with Crippen LogP contribution in [0.2, 0.25) is 0 Å². The van der Waals surface area contributed by atoms with E-state index < -0.39 is 11.6 Å². The lowest BCUT2D eigenvalue weighted by Gasteiger charge is -2.41. The third-order valence-electron chi connectivity index (χ3n) is 4.68. The minimum atomic E-state index is -0.821.